The van der Waals surface area contributed by atoms with Gasteiger partial charge in [-0.2, -0.15) is 5.10 Å². The summed E-state index contributed by atoms with van der Waals surface area (Å²) in [5, 5.41) is 16.0. The zero-order valence-electron chi connectivity index (χ0n) is 16.4. The average molecular weight is 431 g/mol. The van der Waals surface area contributed by atoms with E-state index in [1.54, 1.807) is 72.8 Å². The van der Waals surface area contributed by atoms with E-state index in [1.807, 2.05) is 24.3 Å². The SMILES string of the molecule is O=C(NN=Cc1ccc(-c2cccc(Cl)c2)o1)C(O)(c1ccccc1)c1ccccc1. The van der Waals surface area contributed by atoms with Crippen LogP contribution in [0.3, 0.4) is 0 Å². The van der Waals surface area contributed by atoms with Gasteiger partial charge in [0.25, 0.3) is 5.91 Å². The summed E-state index contributed by atoms with van der Waals surface area (Å²) in [5.74, 6) is 0.390. The van der Waals surface area contributed by atoms with Gasteiger partial charge in [-0.1, -0.05) is 84.4 Å². The van der Waals surface area contributed by atoms with E-state index in [0.29, 0.717) is 27.7 Å². The Bertz CT molecular complexity index is 1160. The fourth-order valence-corrected chi connectivity index (χ4v) is 3.43. The molecule has 0 atom stereocenters. The van der Waals surface area contributed by atoms with Crippen molar-refractivity contribution in [2.24, 2.45) is 5.10 Å². The number of hydrogen-bond donors (Lipinski definition) is 2. The van der Waals surface area contributed by atoms with Crippen LogP contribution in [0.25, 0.3) is 11.3 Å². The van der Waals surface area contributed by atoms with Gasteiger partial charge in [0, 0.05) is 10.6 Å². The van der Waals surface area contributed by atoms with E-state index in [9.17, 15) is 9.90 Å². The molecule has 154 valence electrons. The second kappa shape index (κ2) is 9.00. The average Bonchev–Trinajstić information content (AvgIpc) is 3.28. The van der Waals surface area contributed by atoms with Crippen LogP contribution in [0.1, 0.15) is 16.9 Å². The third-order valence-corrected chi connectivity index (χ3v) is 5.04. The number of amides is 1. The molecule has 0 saturated carbocycles. The molecule has 0 aliphatic heterocycles. The summed E-state index contributed by atoms with van der Waals surface area (Å²) in [4.78, 5) is 13.0. The molecule has 4 rings (SSSR count). The molecule has 0 radical (unpaired) electrons. The molecule has 0 bridgehead atoms. The van der Waals surface area contributed by atoms with Gasteiger partial charge in [0.1, 0.15) is 11.5 Å². The normalized spacial score (nSPS) is 11.5. The largest absolute Gasteiger partial charge is 0.455 e. The fraction of sp³-hybridized carbons (Fsp3) is 0.0400. The number of carbonyl (C=O) groups is 1. The Morgan fingerprint density at radius 2 is 1.55 bits per heavy atom. The molecule has 6 heteroatoms. The van der Waals surface area contributed by atoms with Crippen LogP contribution in [0.2, 0.25) is 5.02 Å². The highest BCUT2D eigenvalue weighted by Crippen LogP contribution is 2.30. The van der Waals surface area contributed by atoms with Crippen molar-refractivity contribution in [3.05, 3.63) is 119 Å². The third-order valence-electron chi connectivity index (χ3n) is 4.81. The van der Waals surface area contributed by atoms with Crippen LogP contribution in [0.5, 0.6) is 0 Å². The summed E-state index contributed by atoms with van der Waals surface area (Å²) in [6.07, 6.45) is 1.38. The number of hydrogen-bond acceptors (Lipinski definition) is 4. The summed E-state index contributed by atoms with van der Waals surface area (Å²) in [7, 11) is 0. The summed E-state index contributed by atoms with van der Waals surface area (Å²) < 4.78 is 5.74. The quantitative estimate of drug-likeness (QED) is 0.334. The van der Waals surface area contributed by atoms with Crippen molar-refractivity contribution in [3.63, 3.8) is 0 Å². The smallest absolute Gasteiger partial charge is 0.281 e. The first kappa shape index (κ1) is 20.6. The number of rotatable bonds is 6. The van der Waals surface area contributed by atoms with Crippen LogP contribution < -0.4 is 5.43 Å². The number of nitrogens with one attached hydrogen (secondary N) is 1. The van der Waals surface area contributed by atoms with Gasteiger partial charge in [-0.05, 0) is 35.4 Å². The third kappa shape index (κ3) is 4.43. The molecule has 1 amide bonds. The molecule has 1 aromatic heterocycles. The minimum atomic E-state index is -1.89. The Hall–Kier alpha value is -3.67. The summed E-state index contributed by atoms with van der Waals surface area (Å²) in [6.45, 7) is 0. The molecule has 0 saturated heterocycles. The first-order valence-corrected chi connectivity index (χ1v) is 9.98. The molecule has 0 spiro atoms. The van der Waals surface area contributed by atoms with Gasteiger partial charge in [0.15, 0.2) is 5.60 Å². The fourth-order valence-electron chi connectivity index (χ4n) is 3.24. The first-order chi connectivity index (χ1) is 15.1. The van der Waals surface area contributed by atoms with Crippen LogP contribution in [0.4, 0.5) is 0 Å². The molecule has 2 N–H and O–H groups in total. The van der Waals surface area contributed by atoms with Crippen LogP contribution in [0.15, 0.2) is 107 Å². The summed E-state index contributed by atoms with van der Waals surface area (Å²) >= 11 is 6.02. The lowest BCUT2D eigenvalue weighted by Crippen LogP contribution is -2.43. The van der Waals surface area contributed by atoms with E-state index < -0.39 is 11.5 Å². The molecule has 0 aliphatic carbocycles. The van der Waals surface area contributed by atoms with Crippen LogP contribution >= 0.6 is 11.6 Å². The molecule has 0 aliphatic rings. The molecule has 4 aromatic rings. The van der Waals surface area contributed by atoms with E-state index >= 15 is 0 Å². The monoisotopic (exact) mass is 430 g/mol. The number of nitrogens with zero attached hydrogens (tertiary/aromatic N) is 1. The van der Waals surface area contributed by atoms with Crippen molar-refractivity contribution in [2.75, 3.05) is 0 Å². The van der Waals surface area contributed by atoms with Gasteiger partial charge < -0.3 is 9.52 Å². The zero-order chi connectivity index (χ0) is 21.7. The van der Waals surface area contributed by atoms with Crippen LogP contribution in [0, 0.1) is 0 Å². The van der Waals surface area contributed by atoms with Gasteiger partial charge >= 0.3 is 0 Å². The summed E-state index contributed by atoms with van der Waals surface area (Å²) in [6, 6.07) is 28.3. The van der Waals surface area contributed by atoms with E-state index in [2.05, 4.69) is 10.5 Å². The van der Waals surface area contributed by atoms with Crippen molar-refractivity contribution >= 4 is 23.7 Å². The second-order valence-electron chi connectivity index (χ2n) is 6.85. The molecular weight excluding hydrogens is 412 g/mol. The number of furan rings is 1. The lowest BCUT2D eigenvalue weighted by Gasteiger charge is -2.26. The maximum atomic E-state index is 13.0. The summed E-state index contributed by atoms with van der Waals surface area (Å²) in [5.41, 5.74) is 2.24. The Morgan fingerprint density at radius 3 is 2.16 bits per heavy atom. The van der Waals surface area contributed by atoms with Crippen molar-refractivity contribution in [3.8, 4) is 11.3 Å². The van der Waals surface area contributed by atoms with Gasteiger partial charge in [-0.15, -0.1) is 0 Å². The van der Waals surface area contributed by atoms with E-state index in [-0.39, 0.29) is 0 Å². The second-order valence-corrected chi connectivity index (χ2v) is 7.29. The highest BCUT2D eigenvalue weighted by Gasteiger charge is 2.39. The number of benzene rings is 3. The predicted octanol–water partition coefficient (Wildman–Crippen LogP) is 4.99. The molecule has 3 aromatic carbocycles. The number of aliphatic hydroxyl groups is 1. The lowest BCUT2D eigenvalue weighted by molar-refractivity contribution is -0.136. The first-order valence-electron chi connectivity index (χ1n) is 9.60. The van der Waals surface area contributed by atoms with Crippen LogP contribution in [-0.2, 0) is 10.4 Å². The van der Waals surface area contributed by atoms with Gasteiger partial charge in [0.05, 0.1) is 6.21 Å². The van der Waals surface area contributed by atoms with Gasteiger partial charge in [-0.3, -0.25) is 4.79 Å². The number of halogens is 1. The molecule has 31 heavy (non-hydrogen) atoms. The van der Waals surface area contributed by atoms with Crippen molar-refractivity contribution in [1.29, 1.82) is 0 Å². The maximum absolute atomic E-state index is 13.0. The topological polar surface area (TPSA) is 74.8 Å². The lowest BCUT2D eigenvalue weighted by atomic mass is 9.85. The standard InChI is InChI=1S/C25H19ClN2O3/c26-21-13-7-8-18(16-21)23-15-14-22(31-23)17-27-28-24(29)25(30,19-9-3-1-4-10-19)20-11-5-2-6-12-20/h1-17,30H,(H,28,29). The Balaban J connectivity index is 1.54. The molecule has 1 heterocycles. The highest BCUT2D eigenvalue weighted by molar-refractivity contribution is 6.30. The van der Waals surface area contributed by atoms with Gasteiger partial charge in [0.2, 0.25) is 0 Å². The molecule has 5 nitrogen and oxygen atoms in total. The molecular formula is C25H19ClN2O3. The number of carbonyl (C=O) groups excluding carboxylic acids is 1. The Morgan fingerprint density at radius 1 is 0.903 bits per heavy atom. The van der Waals surface area contributed by atoms with Crippen molar-refractivity contribution in [1.82, 2.24) is 5.43 Å². The zero-order valence-corrected chi connectivity index (χ0v) is 17.2. The van der Waals surface area contributed by atoms with Crippen LogP contribution in [-0.4, -0.2) is 17.2 Å². The van der Waals surface area contributed by atoms with E-state index in [1.165, 1.54) is 6.21 Å². The molecule has 0 fully saturated rings. The van der Waals surface area contributed by atoms with Gasteiger partial charge in [-0.25, -0.2) is 5.43 Å². The van der Waals surface area contributed by atoms with Crippen molar-refractivity contribution < 1.29 is 14.3 Å². The number of hydrazone groups is 1. The maximum Gasteiger partial charge on any atom is 0.281 e. The minimum absolute atomic E-state index is 0.440. The molecule has 0 unspecified atom stereocenters. The van der Waals surface area contributed by atoms with E-state index in [4.69, 9.17) is 16.0 Å². The van der Waals surface area contributed by atoms with E-state index in [0.717, 1.165) is 5.56 Å². The Labute approximate surface area is 184 Å². The Kier molecular flexibility index (Phi) is 5.98. The predicted molar refractivity (Wildman–Crippen MR) is 121 cm³/mol. The minimum Gasteiger partial charge on any atom is -0.455 e. The van der Waals surface area contributed by atoms with Crippen molar-refractivity contribution in [2.45, 2.75) is 5.60 Å². The highest BCUT2D eigenvalue weighted by atomic mass is 35.5.